The summed E-state index contributed by atoms with van der Waals surface area (Å²) in [4.78, 5) is 25.0. The zero-order valence-corrected chi connectivity index (χ0v) is 21.3. The number of ether oxygens (including phenoxy) is 3. The largest absolute Gasteiger partial charge is 0.494 e. The molecule has 0 aliphatic rings. The first-order valence-electron chi connectivity index (χ1n) is 11.9. The summed E-state index contributed by atoms with van der Waals surface area (Å²) in [5.74, 6) is 0.546. The molecule has 188 valence electrons. The van der Waals surface area contributed by atoms with E-state index < -0.39 is 5.97 Å². The highest BCUT2D eigenvalue weighted by Gasteiger charge is 2.15. The van der Waals surface area contributed by atoms with Crippen LogP contribution in [0.15, 0.2) is 71.8 Å². The highest BCUT2D eigenvalue weighted by Crippen LogP contribution is 2.29. The molecule has 1 N–H and O–H groups in total. The van der Waals surface area contributed by atoms with Crippen LogP contribution < -0.4 is 19.6 Å². The molecule has 7 nitrogen and oxygen atoms in total. The van der Waals surface area contributed by atoms with E-state index in [1.807, 2.05) is 26.0 Å². The molecule has 0 aliphatic carbocycles. The van der Waals surface area contributed by atoms with E-state index in [4.69, 9.17) is 14.2 Å². The third-order valence-corrected chi connectivity index (χ3v) is 5.26. The first-order valence-corrected chi connectivity index (χ1v) is 11.9. The monoisotopic (exact) mass is 488 g/mol. The quantitative estimate of drug-likeness (QED) is 0.179. The summed E-state index contributed by atoms with van der Waals surface area (Å²) in [5.41, 5.74) is 5.28. The van der Waals surface area contributed by atoms with Crippen molar-refractivity contribution in [1.82, 2.24) is 5.43 Å². The van der Waals surface area contributed by atoms with Crippen molar-refractivity contribution in [2.45, 2.75) is 40.0 Å². The van der Waals surface area contributed by atoms with Gasteiger partial charge in [-0.15, -0.1) is 0 Å². The van der Waals surface area contributed by atoms with Crippen molar-refractivity contribution in [3.8, 4) is 17.2 Å². The molecule has 36 heavy (non-hydrogen) atoms. The highest BCUT2D eigenvalue weighted by molar-refractivity contribution is 5.95. The number of amides is 1. The van der Waals surface area contributed by atoms with Gasteiger partial charge in [0, 0.05) is 5.56 Å². The smallest absolute Gasteiger partial charge is 0.343 e. The lowest BCUT2D eigenvalue weighted by Crippen LogP contribution is -2.18. The standard InChI is InChI=1S/C29H32N2O5/c1-6-34-24-15-11-22(12-16-24)28(33)36-25-17-8-20(18-26(25)35-7-2)19-30-31-27(32)21-9-13-23(14-10-21)29(3,4)5/h8-19H,6-7H2,1-5H3,(H,31,32)/b30-19-. The van der Waals surface area contributed by atoms with Gasteiger partial charge >= 0.3 is 5.97 Å². The van der Waals surface area contributed by atoms with Gasteiger partial charge < -0.3 is 14.2 Å². The number of hydrazone groups is 1. The average molecular weight is 489 g/mol. The number of nitrogens with zero attached hydrogens (tertiary/aromatic N) is 1. The topological polar surface area (TPSA) is 86.2 Å². The number of rotatable bonds is 9. The lowest BCUT2D eigenvalue weighted by atomic mass is 9.87. The molecular formula is C29H32N2O5. The Balaban J connectivity index is 1.66. The van der Waals surface area contributed by atoms with Crippen LogP contribution in [0.4, 0.5) is 0 Å². The Bertz CT molecular complexity index is 1210. The lowest BCUT2D eigenvalue weighted by Gasteiger charge is -2.18. The van der Waals surface area contributed by atoms with E-state index >= 15 is 0 Å². The maximum Gasteiger partial charge on any atom is 0.343 e. The van der Waals surface area contributed by atoms with Crippen LogP contribution >= 0.6 is 0 Å². The predicted octanol–water partition coefficient (Wildman–Crippen LogP) is 5.76. The summed E-state index contributed by atoms with van der Waals surface area (Å²) in [6.07, 6.45) is 1.50. The van der Waals surface area contributed by atoms with Crippen LogP contribution in [0, 0.1) is 0 Å². The molecule has 0 radical (unpaired) electrons. The second-order valence-corrected chi connectivity index (χ2v) is 9.01. The maximum absolute atomic E-state index is 12.6. The fraction of sp³-hybridized carbons (Fsp3) is 0.276. The maximum atomic E-state index is 12.6. The molecule has 3 aromatic rings. The van der Waals surface area contributed by atoms with Crippen LogP contribution in [0.2, 0.25) is 0 Å². The molecule has 0 atom stereocenters. The minimum atomic E-state index is -0.509. The molecule has 0 fully saturated rings. The summed E-state index contributed by atoms with van der Waals surface area (Å²) >= 11 is 0. The summed E-state index contributed by atoms with van der Waals surface area (Å²) in [6, 6.07) is 19.2. The van der Waals surface area contributed by atoms with Gasteiger partial charge in [0.2, 0.25) is 0 Å². The Hall–Kier alpha value is -4.13. The third kappa shape index (κ3) is 7.18. The van der Waals surface area contributed by atoms with Gasteiger partial charge in [-0.25, -0.2) is 10.2 Å². The van der Waals surface area contributed by atoms with E-state index in [0.29, 0.717) is 41.4 Å². The summed E-state index contributed by atoms with van der Waals surface area (Å²) < 4.78 is 16.6. The van der Waals surface area contributed by atoms with Crippen molar-refractivity contribution in [3.63, 3.8) is 0 Å². The van der Waals surface area contributed by atoms with Gasteiger partial charge in [-0.2, -0.15) is 5.10 Å². The number of hydrogen-bond donors (Lipinski definition) is 1. The zero-order chi connectivity index (χ0) is 26.1. The number of nitrogens with one attached hydrogen (secondary N) is 1. The van der Waals surface area contributed by atoms with Crippen molar-refractivity contribution in [2.75, 3.05) is 13.2 Å². The van der Waals surface area contributed by atoms with Crippen molar-refractivity contribution >= 4 is 18.1 Å². The minimum Gasteiger partial charge on any atom is -0.494 e. The Kier molecular flexibility index (Phi) is 8.84. The molecule has 3 aromatic carbocycles. The van der Waals surface area contributed by atoms with Crippen LogP contribution in [0.3, 0.4) is 0 Å². The van der Waals surface area contributed by atoms with Gasteiger partial charge in [-0.1, -0.05) is 32.9 Å². The second-order valence-electron chi connectivity index (χ2n) is 9.01. The second kappa shape index (κ2) is 12.0. The number of benzene rings is 3. The first-order chi connectivity index (χ1) is 17.2. The van der Waals surface area contributed by atoms with E-state index in [1.165, 1.54) is 6.21 Å². The van der Waals surface area contributed by atoms with E-state index in [2.05, 4.69) is 31.3 Å². The molecule has 7 heteroatoms. The SMILES string of the molecule is CCOc1ccc(C(=O)Oc2ccc(/C=N\NC(=O)c3ccc(C(C)(C)C)cc3)cc2OCC)cc1. The summed E-state index contributed by atoms with van der Waals surface area (Å²) in [5, 5.41) is 4.05. The molecular weight excluding hydrogens is 456 g/mol. The fourth-order valence-electron chi connectivity index (χ4n) is 3.32. The van der Waals surface area contributed by atoms with Crippen molar-refractivity contribution in [2.24, 2.45) is 5.10 Å². The predicted molar refractivity (Wildman–Crippen MR) is 140 cm³/mol. The first kappa shape index (κ1) is 26.5. The van der Waals surface area contributed by atoms with Crippen molar-refractivity contribution in [3.05, 3.63) is 89.0 Å². The van der Waals surface area contributed by atoms with Gasteiger partial charge in [-0.3, -0.25) is 4.79 Å². The van der Waals surface area contributed by atoms with E-state index in [-0.39, 0.29) is 17.1 Å². The van der Waals surface area contributed by atoms with Gasteiger partial charge in [0.15, 0.2) is 11.5 Å². The molecule has 1 amide bonds. The molecule has 0 spiro atoms. The Labute approximate surface area is 212 Å². The molecule has 0 aliphatic heterocycles. The molecule has 0 aromatic heterocycles. The molecule has 0 heterocycles. The van der Waals surface area contributed by atoms with Crippen molar-refractivity contribution < 1.29 is 23.8 Å². The highest BCUT2D eigenvalue weighted by atomic mass is 16.6. The van der Waals surface area contributed by atoms with Crippen LogP contribution in [0.5, 0.6) is 17.2 Å². The number of esters is 1. The average Bonchev–Trinajstić information content (AvgIpc) is 2.86. The Morgan fingerprint density at radius 1 is 0.833 bits per heavy atom. The molecule has 0 saturated heterocycles. The van der Waals surface area contributed by atoms with Gasteiger partial charge in [0.25, 0.3) is 5.91 Å². The van der Waals surface area contributed by atoms with Crippen LogP contribution in [0.25, 0.3) is 0 Å². The summed E-state index contributed by atoms with van der Waals surface area (Å²) in [7, 11) is 0. The number of hydrogen-bond acceptors (Lipinski definition) is 6. The summed E-state index contributed by atoms with van der Waals surface area (Å²) in [6.45, 7) is 11.0. The van der Waals surface area contributed by atoms with E-state index in [9.17, 15) is 9.59 Å². The Morgan fingerprint density at radius 3 is 2.08 bits per heavy atom. The zero-order valence-electron chi connectivity index (χ0n) is 21.3. The van der Waals surface area contributed by atoms with Crippen LogP contribution in [-0.2, 0) is 5.41 Å². The van der Waals surface area contributed by atoms with E-state index in [0.717, 1.165) is 5.56 Å². The van der Waals surface area contributed by atoms with Gasteiger partial charge in [-0.05, 0) is 85.0 Å². The molecule has 0 unspecified atom stereocenters. The van der Waals surface area contributed by atoms with Crippen molar-refractivity contribution in [1.29, 1.82) is 0 Å². The normalized spacial score (nSPS) is 11.2. The van der Waals surface area contributed by atoms with Gasteiger partial charge in [0.05, 0.1) is 25.0 Å². The number of carbonyl (C=O) groups is 2. The Morgan fingerprint density at radius 2 is 1.47 bits per heavy atom. The van der Waals surface area contributed by atoms with Crippen LogP contribution in [0.1, 0.15) is 66.5 Å². The third-order valence-electron chi connectivity index (χ3n) is 5.26. The molecule has 0 saturated carbocycles. The fourth-order valence-corrected chi connectivity index (χ4v) is 3.32. The van der Waals surface area contributed by atoms with Crippen LogP contribution in [-0.4, -0.2) is 31.3 Å². The molecule has 3 rings (SSSR count). The molecule has 0 bridgehead atoms. The lowest BCUT2D eigenvalue weighted by molar-refractivity contribution is 0.0728. The van der Waals surface area contributed by atoms with E-state index in [1.54, 1.807) is 54.6 Å². The number of carbonyl (C=O) groups excluding carboxylic acids is 2. The van der Waals surface area contributed by atoms with Gasteiger partial charge in [0.1, 0.15) is 5.75 Å². The minimum absolute atomic E-state index is 0.0140.